The van der Waals surface area contributed by atoms with Crippen LogP contribution in [0, 0.1) is 0 Å². The molecule has 0 fully saturated rings. The fraction of sp³-hybridized carbons (Fsp3) is 0.0536. The van der Waals surface area contributed by atoms with E-state index >= 15 is 0 Å². The van der Waals surface area contributed by atoms with E-state index in [-0.39, 0.29) is 5.41 Å². The zero-order chi connectivity index (χ0) is 39.2. The van der Waals surface area contributed by atoms with Crippen molar-refractivity contribution in [3.8, 4) is 56.1 Å². The minimum absolute atomic E-state index is 0.212. The summed E-state index contributed by atoms with van der Waals surface area (Å²) >= 11 is 0. The van der Waals surface area contributed by atoms with Gasteiger partial charge >= 0.3 is 0 Å². The molecule has 3 aromatic heterocycles. The average molecular weight is 754 g/mol. The van der Waals surface area contributed by atoms with Gasteiger partial charge in [-0.15, -0.1) is 0 Å². The van der Waals surface area contributed by atoms with Crippen molar-refractivity contribution in [3.63, 3.8) is 0 Å². The molecule has 3 nitrogen and oxygen atoms in total. The number of benzene rings is 8. The van der Waals surface area contributed by atoms with Crippen LogP contribution in [0.5, 0.6) is 0 Å². The van der Waals surface area contributed by atoms with Crippen LogP contribution in [0.4, 0.5) is 0 Å². The van der Waals surface area contributed by atoms with Crippen molar-refractivity contribution in [2.75, 3.05) is 0 Å². The second-order valence-electron chi connectivity index (χ2n) is 16.3. The first kappa shape index (κ1) is 33.6. The van der Waals surface area contributed by atoms with Gasteiger partial charge < -0.3 is 9.13 Å². The summed E-state index contributed by atoms with van der Waals surface area (Å²) in [7, 11) is 0. The Morgan fingerprint density at radius 2 is 0.881 bits per heavy atom. The minimum Gasteiger partial charge on any atom is -0.307 e. The van der Waals surface area contributed by atoms with E-state index in [1.54, 1.807) is 0 Å². The van der Waals surface area contributed by atoms with Gasteiger partial charge in [0.15, 0.2) is 0 Å². The molecule has 0 saturated heterocycles. The van der Waals surface area contributed by atoms with Crippen molar-refractivity contribution in [3.05, 3.63) is 211 Å². The highest BCUT2D eigenvalue weighted by Gasteiger charge is 2.41. The molecule has 278 valence electrons. The van der Waals surface area contributed by atoms with Gasteiger partial charge in [-0.1, -0.05) is 166 Å². The van der Waals surface area contributed by atoms with Crippen molar-refractivity contribution in [2.24, 2.45) is 0 Å². The lowest BCUT2D eigenvalue weighted by Crippen LogP contribution is -2.15. The molecule has 0 N–H and O–H groups in total. The quantitative estimate of drug-likeness (QED) is 0.172. The predicted molar refractivity (Wildman–Crippen MR) is 247 cm³/mol. The molecule has 0 aliphatic heterocycles. The molecule has 1 aliphatic rings. The van der Waals surface area contributed by atoms with Crippen LogP contribution >= 0.6 is 0 Å². The van der Waals surface area contributed by atoms with Crippen LogP contribution in [0.1, 0.15) is 25.0 Å². The Hall–Kier alpha value is -7.49. The van der Waals surface area contributed by atoms with Gasteiger partial charge in [0.05, 0.1) is 33.5 Å². The fourth-order valence-electron chi connectivity index (χ4n) is 10.1. The van der Waals surface area contributed by atoms with Crippen molar-refractivity contribution < 1.29 is 0 Å². The Bertz CT molecular complexity index is 3370. The molecule has 59 heavy (non-hydrogen) atoms. The Kier molecular flexibility index (Phi) is 7.27. The first-order chi connectivity index (χ1) is 29.1. The lowest BCUT2D eigenvalue weighted by atomic mass is 9.80. The first-order valence-corrected chi connectivity index (χ1v) is 20.5. The molecule has 11 aromatic rings. The lowest BCUT2D eigenvalue weighted by Gasteiger charge is -2.23. The molecular formula is C56H39N3. The van der Waals surface area contributed by atoms with Gasteiger partial charge in [-0.25, -0.2) is 4.98 Å². The Balaban J connectivity index is 1.18. The maximum absolute atomic E-state index is 5.15. The third-order valence-corrected chi connectivity index (χ3v) is 12.7. The molecule has 0 atom stereocenters. The van der Waals surface area contributed by atoms with Crippen LogP contribution in [0.15, 0.2) is 200 Å². The zero-order valence-corrected chi connectivity index (χ0v) is 32.9. The van der Waals surface area contributed by atoms with Gasteiger partial charge in [0.1, 0.15) is 0 Å². The molecule has 1 aliphatic carbocycles. The molecule has 12 rings (SSSR count). The number of hydrogen-bond acceptors (Lipinski definition) is 1. The number of nitrogens with zero attached hydrogens (tertiary/aromatic N) is 3. The number of aromatic nitrogens is 3. The van der Waals surface area contributed by atoms with Gasteiger partial charge in [-0.2, -0.15) is 0 Å². The summed E-state index contributed by atoms with van der Waals surface area (Å²) in [6.07, 6.45) is 0. The normalized spacial score (nSPS) is 13.1. The minimum atomic E-state index is -0.212. The standard InChI is InChI=1S/C56H39N3/c1-56(2)45-27-15-12-24-42(45)50-51-43-25-13-16-28-48(43)59(54(51)55-52(53(50)56)44-26-14-17-29-49(44)58(55)40-22-10-5-11-23-40)41-32-30-36(31-33-41)39-34-46(37-18-6-3-7-19-37)57-47(35-39)38-20-8-4-9-21-38/h3-35H,1-2H3. The first-order valence-electron chi connectivity index (χ1n) is 20.5. The van der Waals surface area contributed by atoms with E-state index in [2.05, 4.69) is 223 Å². The maximum atomic E-state index is 5.15. The van der Waals surface area contributed by atoms with Gasteiger partial charge in [0, 0.05) is 49.5 Å². The molecule has 0 unspecified atom stereocenters. The average Bonchev–Trinajstić information content (AvgIpc) is 3.90. The van der Waals surface area contributed by atoms with Crippen molar-refractivity contribution >= 4 is 43.6 Å². The molecule has 3 heteroatoms. The van der Waals surface area contributed by atoms with Crippen LogP contribution in [0.25, 0.3) is 99.8 Å². The van der Waals surface area contributed by atoms with Crippen LogP contribution in [0.3, 0.4) is 0 Å². The highest BCUT2D eigenvalue weighted by Crippen LogP contribution is 2.58. The lowest BCUT2D eigenvalue weighted by molar-refractivity contribution is 0.667. The molecule has 0 bridgehead atoms. The summed E-state index contributed by atoms with van der Waals surface area (Å²) in [5.74, 6) is 0. The molecule has 0 radical (unpaired) electrons. The van der Waals surface area contributed by atoms with Gasteiger partial charge in [0.25, 0.3) is 0 Å². The Morgan fingerprint density at radius 3 is 1.49 bits per heavy atom. The largest absolute Gasteiger partial charge is 0.307 e. The highest BCUT2D eigenvalue weighted by molar-refractivity contribution is 6.31. The van der Waals surface area contributed by atoms with Crippen LogP contribution in [0.2, 0.25) is 0 Å². The zero-order valence-electron chi connectivity index (χ0n) is 32.9. The Morgan fingerprint density at radius 1 is 0.407 bits per heavy atom. The molecule has 0 amide bonds. The second kappa shape index (κ2) is 12.8. The summed E-state index contributed by atoms with van der Waals surface area (Å²) in [4.78, 5) is 5.15. The van der Waals surface area contributed by atoms with Crippen LogP contribution in [-0.4, -0.2) is 14.1 Å². The van der Waals surface area contributed by atoms with E-state index in [1.165, 1.54) is 65.9 Å². The number of para-hydroxylation sites is 3. The maximum Gasteiger partial charge on any atom is 0.0795 e. The second-order valence-corrected chi connectivity index (χ2v) is 16.3. The van der Waals surface area contributed by atoms with E-state index in [0.717, 1.165) is 45.0 Å². The predicted octanol–water partition coefficient (Wildman–Crippen LogP) is 14.6. The van der Waals surface area contributed by atoms with Crippen LogP contribution in [-0.2, 0) is 5.41 Å². The van der Waals surface area contributed by atoms with Gasteiger partial charge in [-0.05, 0) is 81.9 Å². The summed E-state index contributed by atoms with van der Waals surface area (Å²) < 4.78 is 5.05. The third-order valence-electron chi connectivity index (χ3n) is 12.7. The Labute approximate surface area is 343 Å². The fourth-order valence-corrected chi connectivity index (χ4v) is 10.1. The summed E-state index contributed by atoms with van der Waals surface area (Å²) in [5, 5.41) is 5.17. The summed E-state index contributed by atoms with van der Waals surface area (Å²) in [6.45, 7) is 4.84. The van der Waals surface area contributed by atoms with Crippen molar-refractivity contribution in [1.82, 2.24) is 14.1 Å². The smallest absolute Gasteiger partial charge is 0.0795 e. The van der Waals surface area contributed by atoms with E-state index in [0.29, 0.717) is 0 Å². The van der Waals surface area contributed by atoms with E-state index < -0.39 is 0 Å². The third kappa shape index (κ3) is 4.91. The van der Waals surface area contributed by atoms with Crippen molar-refractivity contribution in [1.29, 1.82) is 0 Å². The van der Waals surface area contributed by atoms with E-state index in [1.807, 2.05) is 0 Å². The molecular weight excluding hydrogens is 715 g/mol. The van der Waals surface area contributed by atoms with Gasteiger partial charge in [-0.3, -0.25) is 0 Å². The number of rotatable bonds is 5. The molecule has 8 aromatic carbocycles. The van der Waals surface area contributed by atoms with Gasteiger partial charge in [0.2, 0.25) is 0 Å². The molecule has 0 spiro atoms. The molecule has 3 heterocycles. The monoisotopic (exact) mass is 753 g/mol. The molecule has 0 saturated carbocycles. The van der Waals surface area contributed by atoms with Crippen LogP contribution < -0.4 is 0 Å². The SMILES string of the molecule is CC1(C)c2ccccc2-c2c1c1c3ccccc3n(-c3ccccc3)c1c1c2c2ccccc2n1-c1ccc(-c2cc(-c3ccccc3)nc(-c3ccccc3)c2)cc1. The summed E-state index contributed by atoms with van der Waals surface area (Å²) in [6, 6.07) is 72.6. The van der Waals surface area contributed by atoms with Crippen molar-refractivity contribution in [2.45, 2.75) is 19.3 Å². The van der Waals surface area contributed by atoms with E-state index in [9.17, 15) is 0 Å². The number of hydrogen-bond donors (Lipinski definition) is 0. The van der Waals surface area contributed by atoms with E-state index in [4.69, 9.17) is 4.98 Å². The topological polar surface area (TPSA) is 22.8 Å². The number of pyridine rings is 1. The summed E-state index contributed by atoms with van der Waals surface area (Å²) in [5.41, 5.74) is 18.8. The number of fused-ring (bicyclic) bond motifs is 12. The highest BCUT2D eigenvalue weighted by atomic mass is 15.0.